The first-order chi connectivity index (χ1) is 8.26. The van der Waals surface area contributed by atoms with Crippen molar-refractivity contribution < 1.29 is 4.74 Å². The van der Waals surface area contributed by atoms with E-state index in [1.54, 1.807) is 0 Å². The van der Waals surface area contributed by atoms with E-state index in [1.807, 2.05) is 0 Å². The molecule has 2 heteroatoms. The maximum absolute atomic E-state index is 5.83. The summed E-state index contributed by atoms with van der Waals surface area (Å²) in [7, 11) is 0. The van der Waals surface area contributed by atoms with Crippen molar-refractivity contribution in [3.05, 3.63) is 11.8 Å². The van der Waals surface area contributed by atoms with Gasteiger partial charge in [-0.3, -0.25) is 0 Å². The van der Waals surface area contributed by atoms with E-state index in [1.165, 1.54) is 44.3 Å². The Balaban J connectivity index is 2.07. The molecule has 2 rings (SSSR count). The summed E-state index contributed by atoms with van der Waals surface area (Å²) in [6.45, 7) is 6.66. The van der Waals surface area contributed by atoms with Crippen molar-refractivity contribution in [3.63, 3.8) is 0 Å². The molecule has 1 unspecified atom stereocenters. The Morgan fingerprint density at radius 3 is 2.71 bits per heavy atom. The molecule has 0 aromatic heterocycles. The molecule has 2 aliphatic rings. The molecule has 0 amide bonds. The molecule has 1 aliphatic carbocycles. The van der Waals surface area contributed by atoms with Crippen molar-refractivity contribution in [1.82, 2.24) is 5.32 Å². The van der Waals surface area contributed by atoms with Crippen LogP contribution in [-0.2, 0) is 4.74 Å². The van der Waals surface area contributed by atoms with E-state index in [2.05, 4.69) is 25.2 Å². The molecule has 1 atom stereocenters. The predicted molar refractivity (Wildman–Crippen MR) is 71.9 cm³/mol. The lowest BCUT2D eigenvalue weighted by atomic mass is 9.70. The molecule has 0 spiro atoms. The fourth-order valence-electron chi connectivity index (χ4n) is 3.27. The van der Waals surface area contributed by atoms with E-state index >= 15 is 0 Å². The van der Waals surface area contributed by atoms with Crippen LogP contribution in [0.1, 0.15) is 58.8 Å². The Morgan fingerprint density at radius 2 is 2.12 bits per heavy atom. The Kier molecular flexibility index (Phi) is 4.49. The van der Waals surface area contributed by atoms with E-state index in [4.69, 9.17) is 4.74 Å². The van der Waals surface area contributed by atoms with Crippen molar-refractivity contribution >= 4 is 0 Å². The van der Waals surface area contributed by atoms with Gasteiger partial charge in [0.25, 0.3) is 0 Å². The van der Waals surface area contributed by atoms with Crippen LogP contribution in [0.4, 0.5) is 0 Å². The lowest BCUT2D eigenvalue weighted by Gasteiger charge is -2.41. The third kappa shape index (κ3) is 3.04. The van der Waals surface area contributed by atoms with Crippen LogP contribution in [0.2, 0.25) is 0 Å². The molecule has 0 aromatic carbocycles. The van der Waals surface area contributed by atoms with Gasteiger partial charge < -0.3 is 10.1 Å². The van der Waals surface area contributed by atoms with Crippen LogP contribution in [0.25, 0.3) is 0 Å². The fourth-order valence-corrected chi connectivity index (χ4v) is 3.27. The Hall–Kier alpha value is -0.500. The first kappa shape index (κ1) is 12.9. The zero-order valence-corrected chi connectivity index (χ0v) is 11.4. The number of ether oxygens (including phenoxy) is 1. The van der Waals surface area contributed by atoms with Gasteiger partial charge in [-0.15, -0.1) is 0 Å². The highest BCUT2D eigenvalue weighted by Crippen LogP contribution is 2.42. The second-order valence-electron chi connectivity index (χ2n) is 5.85. The van der Waals surface area contributed by atoms with Crippen molar-refractivity contribution in [2.45, 2.75) is 64.8 Å². The minimum Gasteiger partial charge on any atom is -0.496 e. The van der Waals surface area contributed by atoms with Crippen LogP contribution >= 0.6 is 0 Å². The number of nitrogens with one attached hydrogen (secondary N) is 1. The minimum atomic E-state index is 0.406. The molecule has 0 bridgehead atoms. The monoisotopic (exact) mass is 237 g/mol. The Bertz CT molecular complexity index is 266. The zero-order chi connectivity index (χ0) is 12.1. The van der Waals surface area contributed by atoms with E-state index in [0.29, 0.717) is 11.5 Å². The minimum absolute atomic E-state index is 0.406. The molecule has 1 aliphatic heterocycles. The average molecular weight is 237 g/mol. The Labute approximate surface area is 106 Å². The van der Waals surface area contributed by atoms with Gasteiger partial charge in [-0.2, -0.15) is 0 Å². The highest BCUT2D eigenvalue weighted by Gasteiger charge is 2.38. The molecule has 1 heterocycles. The molecule has 98 valence electrons. The second kappa shape index (κ2) is 5.90. The van der Waals surface area contributed by atoms with Crippen LogP contribution in [0.5, 0.6) is 0 Å². The van der Waals surface area contributed by atoms with Gasteiger partial charge >= 0.3 is 0 Å². The smallest absolute Gasteiger partial charge is 0.110 e. The van der Waals surface area contributed by atoms with Gasteiger partial charge in [0.15, 0.2) is 0 Å². The molecular formula is C15H27NO. The van der Waals surface area contributed by atoms with Gasteiger partial charge in [0.1, 0.15) is 5.76 Å². The van der Waals surface area contributed by atoms with E-state index in [0.717, 1.165) is 19.6 Å². The predicted octanol–water partition coefficient (Wildman–Crippen LogP) is 3.63. The quantitative estimate of drug-likeness (QED) is 0.788. The van der Waals surface area contributed by atoms with Crippen molar-refractivity contribution in [2.75, 3.05) is 13.2 Å². The van der Waals surface area contributed by atoms with Crippen LogP contribution in [0, 0.1) is 5.41 Å². The van der Waals surface area contributed by atoms with Gasteiger partial charge in [0, 0.05) is 6.42 Å². The molecule has 2 nitrogen and oxygen atoms in total. The fraction of sp³-hybridized carbons (Fsp3) is 0.867. The average Bonchev–Trinajstić information content (AvgIpc) is 2.84. The number of hydrogen-bond donors (Lipinski definition) is 1. The molecule has 17 heavy (non-hydrogen) atoms. The molecule has 0 saturated heterocycles. The zero-order valence-electron chi connectivity index (χ0n) is 11.4. The highest BCUT2D eigenvalue weighted by atomic mass is 16.5. The van der Waals surface area contributed by atoms with Crippen molar-refractivity contribution in [3.8, 4) is 0 Å². The molecule has 0 aromatic rings. The first-order valence-corrected chi connectivity index (χ1v) is 7.32. The largest absolute Gasteiger partial charge is 0.496 e. The first-order valence-electron chi connectivity index (χ1n) is 7.32. The molecule has 1 N–H and O–H groups in total. The second-order valence-corrected chi connectivity index (χ2v) is 5.85. The van der Waals surface area contributed by atoms with E-state index in [9.17, 15) is 0 Å². The maximum atomic E-state index is 5.83. The SMILES string of the molecule is CCCNC(C1=CCCO1)C1(C)CCCCC1. The topological polar surface area (TPSA) is 21.3 Å². The summed E-state index contributed by atoms with van der Waals surface area (Å²) >= 11 is 0. The maximum Gasteiger partial charge on any atom is 0.110 e. The third-order valence-corrected chi connectivity index (χ3v) is 4.31. The molecular weight excluding hydrogens is 210 g/mol. The van der Waals surface area contributed by atoms with Gasteiger partial charge in [-0.05, 0) is 37.3 Å². The van der Waals surface area contributed by atoms with Crippen molar-refractivity contribution in [1.29, 1.82) is 0 Å². The summed E-state index contributed by atoms with van der Waals surface area (Å²) in [6.07, 6.45) is 11.4. The number of hydrogen-bond acceptors (Lipinski definition) is 2. The molecule has 1 fully saturated rings. The standard InChI is InChI=1S/C15H27NO/c1-3-11-16-14(13-8-7-12-17-13)15(2)9-5-4-6-10-15/h8,14,16H,3-7,9-12H2,1-2H3. The number of rotatable bonds is 5. The summed E-state index contributed by atoms with van der Waals surface area (Å²) in [5.41, 5.74) is 0.406. The van der Waals surface area contributed by atoms with Crippen LogP contribution < -0.4 is 5.32 Å². The van der Waals surface area contributed by atoms with Gasteiger partial charge in [-0.25, -0.2) is 0 Å². The summed E-state index contributed by atoms with van der Waals surface area (Å²) < 4.78 is 5.83. The molecule has 0 radical (unpaired) electrons. The van der Waals surface area contributed by atoms with Crippen LogP contribution in [-0.4, -0.2) is 19.2 Å². The molecule has 1 saturated carbocycles. The third-order valence-electron chi connectivity index (χ3n) is 4.31. The Morgan fingerprint density at radius 1 is 1.35 bits per heavy atom. The summed E-state index contributed by atoms with van der Waals surface area (Å²) in [5.74, 6) is 1.22. The van der Waals surface area contributed by atoms with Gasteiger partial charge in [0.2, 0.25) is 0 Å². The van der Waals surface area contributed by atoms with Gasteiger partial charge in [0.05, 0.1) is 12.6 Å². The summed E-state index contributed by atoms with van der Waals surface area (Å²) in [4.78, 5) is 0. The van der Waals surface area contributed by atoms with E-state index in [-0.39, 0.29) is 0 Å². The lowest BCUT2D eigenvalue weighted by Crippen LogP contribution is -2.46. The van der Waals surface area contributed by atoms with Gasteiger partial charge in [-0.1, -0.05) is 33.1 Å². The van der Waals surface area contributed by atoms with Crippen LogP contribution in [0.15, 0.2) is 11.8 Å². The van der Waals surface area contributed by atoms with Crippen LogP contribution in [0.3, 0.4) is 0 Å². The highest BCUT2D eigenvalue weighted by molar-refractivity contribution is 5.13. The summed E-state index contributed by atoms with van der Waals surface area (Å²) in [6, 6.07) is 0.449. The normalized spacial score (nSPS) is 25.2. The van der Waals surface area contributed by atoms with Crippen molar-refractivity contribution in [2.24, 2.45) is 5.41 Å². The lowest BCUT2D eigenvalue weighted by molar-refractivity contribution is 0.111. The summed E-state index contributed by atoms with van der Waals surface area (Å²) in [5, 5.41) is 3.73. The van der Waals surface area contributed by atoms with E-state index < -0.39 is 0 Å².